The van der Waals surface area contributed by atoms with Crippen LogP contribution in [0.5, 0.6) is 0 Å². The lowest BCUT2D eigenvalue weighted by atomic mass is 9.76. The molecule has 0 bridgehead atoms. The number of hydrogen-bond acceptors (Lipinski definition) is 3. The van der Waals surface area contributed by atoms with Crippen molar-refractivity contribution in [3.63, 3.8) is 0 Å². The molecule has 1 amide bonds. The molecule has 3 nitrogen and oxygen atoms in total. The van der Waals surface area contributed by atoms with Crippen LogP contribution in [0.3, 0.4) is 0 Å². The topological polar surface area (TPSA) is 46.3 Å². The molecule has 0 saturated carbocycles. The Balaban J connectivity index is 2.44. The van der Waals surface area contributed by atoms with Crippen molar-refractivity contribution in [2.75, 3.05) is 13.6 Å². The lowest BCUT2D eigenvalue weighted by molar-refractivity contribution is -0.130. The summed E-state index contributed by atoms with van der Waals surface area (Å²) in [6, 6.07) is 4.09. The van der Waals surface area contributed by atoms with Crippen molar-refractivity contribution in [3.8, 4) is 0 Å². The summed E-state index contributed by atoms with van der Waals surface area (Å²) < 4.78 is 0. The van der Waals surface area contributed by atoms with E-state index in [0.717, 1.165) is 12.8 Å². The van der Waals surface area contributed by atoms with Crippen LogP contribution in [0.15, 0.2) is 17.5 Å². The molecule has 0 aliphatic carbocycles. The predicted octanol–water partition coefficient (Wildman–Crippen LogP) is 3.50. The van der Waals surface area contributed by atoms with Gasteiger partial charge in [0.1, 0.15) is 0 Å². The second kappa shape index (κ2) is 7.79. The van der Waals surface area contributed by atoms with Gasteiger partial charge < -0.3 is 10.6 Å². The highest BCUT2D eigenvalue weighted by molar-refractivity contribution is 7.09. The van der Waals surface area contributed by atoms with Gasteiger partial charge in [0.2, 0.25) is 5.91 Å². The molecule has 114 valence electrons. The minimum atomic E-state index is 0.214. The first-order valence-electron chi connectivity index (χ1n) is 7.31. The van der Waals surface area contributed by atoms with Gasteiger partial charge in [-0.25, -0.2) is 0 Å². The van der Waals surface area contributed by atoms with E-state index in [1.807, 2.05) is 23.4 Å². The molecule has 4 heteroatoms. The molecule has 0 aliphatic heterocycles. The Morgan fingerprint density at radius 1 is 1.40 bits per heavy atom. The number of carbonyl (C=O) groups is 1. The highest BCUT2D eigenvalue weighted by Gasteiger charge is 2.24. The fourth-order valence-corrected chi connectivity index (χ4v) is 3.18. The summed E-state index contributed by atoms with van der Waals surface area (Å²) in [6.07, 6.45) is 2.53. The number of thiophene rings is 1. The lowest BCUT2D eigenvalue weighted by Crippen LogP contribution is -2.29. The van der Waals surface area contributed by atoms with Crippen molar-refractivity contribution >= 4 is 17.2 Å². The molecule has 1 heterocycles. The molecule has 1 aromatic rings. The van der Waals surface area contributed by atoms with E-state index in [-0.39, 0.29) is 11.3 Å². The van der Waals surface area contributed by atoms with E-state index in [1.54, 1.807) is 11.3 Å². The monoisotopic (exact) mass is 296 g/mol. The van der Waals surface area contributed by atoms with Crippen molar-refractivity contribution in [1.29, 1.82) is 0 Å². The molecule has 0 aromatic carbocycles. The molecule has 2 N–H and O–H groups in total. The molecular formula is C16H28N2OS. The fraction of sp³-hybridized carbons (Fsp3) is 0.688. The van der Waals surface area contributed by atoms with Crippen LogP contribution >= 0.6 is 11.3 Å². The number of carbonyl (C=O) groups excluding carboxylic acids is 1. The van der Waals surface area contributed by atoms with Crippen LogP contribution in [0.25, 0.3) is 0 Å². The highest BCUT2D eigenvalue weighted by atomic mass is 32.1. The predicted molar refractivity (Wildman–Crippen MR) is 86.6 cm³/mol. The molecule has 0 aliphatic rings. The lowest BCUT2D eigenvalue weighted by Gasteiger charge is -2.31. The van der Waals surface area contributed by atoms with Crippen LogP contribution in [-0.4, -0.2) is 24.4 Å². The van der Waals surface area contributed by atoms with E-state index >= 15 is 0 Å². The van der Waals surface area contributed by atoms with E-state index in [2.05, 4.69) is 26.8 Å². The van der Waals surface area contributed by atoms with E-state index < -0.39 is 0 Å². The Hall–Kier alpha value is -0.870. The van der Waals surface area contributed by atoms with Crippen LogP contribution in [0.4, 0.5) is 0 Å². The average molecular weight is 296 g/mol. The summed E-state index contributed by atoms with van der Waals surface area (Å²) in [5, 5.41) is 2.05. The van der Waals surface area contributed by atoms with Crippen LogP contribution in [0.2, 0.25) is 0 Å². The molecule has 1 aromatic heterocycles. The molecule has 20 heavy (non-hydrogen) atoms. The maximum atomic E-state index is 12.2. The molecule has 0 radical (unpaired) electrons. The van der Waals surface area contributed by atoms with Crippen molar-refractivity contribution < 1.29 is 4.79 Å². The van der Waals surface area contributed by atoms with E-state index in [1.165, 1.54) is 4.88 Å². The zero-order valence-corrected chi connectivity index (χ0v) is 14.0. The van der Waals surface area contributed by atoms with Gasteiger partial charge in [-0.15, -0.1) is 11.3 Å². The summed E-state index contributed by atoms with van der Waals surface area (Å²) in [4.78, 5) is 15.3. The van der Waals surface area contributed by atoms with Crippen molar-refractivity contribution in [2.24, 2.45) is 17.1 Å². The third-order valence-electron chi connectivity index (χ3n) is 3.85. The maximum Gasteiger partial charge on any atom is 0.222 e. The Labute approximate surface area is 127 Å². The average Bonchev–Trinajstić information content (AvgIpc) is 2.85. The standard InChI is InChI=1S/C16H28N2OS/c1-16(2,3)13(9-10-17)7-8-15(19)18(4)12-14-6-5-11-20-14/h5-6,11,13H,7-10,12,17H2,1-4H3. The Morgan fingerprint density at radius 2 is 2.10 bits per heavy atom. The molecular weight excluding hydrogens is 268 g/mol. The normalized spacial score (nSPS) is 13.2. The fourth-order valence-electron chi connectivity index (χ4n) is 2.42. The van der Waals surface area contributed by atoms with E-state index in [0.29, 0.717) is 25.4 Å². The SMILES string of the molecule is CN(Cc1cccs1)C(=O)CCC(CCN)C(C)(C)C. The summed E-state index contributed by atoms with van der Waals surface area (Å²) in [6.45, 7) is 8.10. The number of rotatable bonds is 7. The molecule has 1 unspecified atom stereocenters. The van der Waals surface area contributed by atoms with Gasteiger partial charge in [0.15, 0.2) is 0 Å². The van der Waals surface area contributed by atoms with Crippen molar-refractivity contribution in [1.82, 2.24) is 4.90 Å². The van der Waals surface area contributed by atoms with Crippen LogP contribution in [0.1, 0.15) is 44.9 Å². The van der Waals surface area contributed by atoms with Gasteiger partial charge in [0.05, 0.1) is 6.54 Å². The third-order valence-corrected chi connectivity index (χ3v) is 4.71. The van der Waals surface area contributed by atoms with Gasteiger partial charge >= 0.3 is 0 Å². The molecule has 1 atom stereocenters. The number of nitrogens with two attached hydrogens (primary N) is 1. The first kappa shape index (κ1) is 17.2. The first-order valence-corrected chi connectivity index (χ1v) is 8.19. The summed E-state index contributed by atoms with van der Waals surface area (Å²) in [5.74, 6) is 0.733. The quantitative estimate of drug-likeness (QED) is 0.837. The highest BCUT2D eigenvalue weighted by Crippen LogP contribution is 2.32. The smallest absolute Gasteiger partial charge is 0.222 e. The van der Waals surface area contributed by atoms with Gasteiger partial charge in [0, 0.05) is 18.3 Å². The maximum absolute atomic E-state index is 12.2. The number of nitrogens with zero attached hydrogens (tertiary/aromatic N) is 1. The number of hydrogen-bond donors (Lipinski definition) is 1. The largest absolute Gasteiger partial charge is 0.341 e. The first-order chi connectivity index (χ1) is 9.34. The zero-order chi connectivity index (χ0) is 15.2. The molecule has 0 saturated heterocycles. The Bertz CT molecular complexity index is 395. The summed E-state index contributed by atoms with van der Waals surface area (Å²) in [7, 11) is 1.89. The molecule has 1 rings (SSSR count). The minimum Gasteiger partial charge on any atom is -0.341 e. The summed E-state index contributed by atoms with van der Waals surface area (Å²) >= 11 is 1.70. The second-order valence-electron chi connectivity index (χ2n) is 6.51. The van der Waals surface area contributed by atoms with Crippen LogP contribution in [-0.2, 0) is 11.3 Å². The van der Waals surface area contributed by atoms with Crippen LogP contribution < -0.4 is 5.73 Å². The van der Waals surface area contributed by atoms with Gasteiger partial charge in [-0.2, -0.15) is 0 Å². The zero-order valence-electron chi connectivity index (χ0n) is 13.2. The van der Waals surface area contributed by atoms with Crippen LogP contribution in [0, 0.1) is 11.3 Å². The van der Waals surface area contributed by atoms with Gasteiger partial charge in [-0.05, 0) is 42.2 Å². The minimum absolute atomic E-state index is 0.214. The molecule has 0 fully saturated rings. The Morgan fingerprint density at radius 3 is 2.60 bits per heavy atom. The third kappa shape index (κ3) is 5.63. The van der Waals surface area contributed by atoms with Gasteiger partial charge in [0.25, 0.3) is 0 Å². The van der Waals surface area contributed by atoms with Gasteiger partial charge in [-0.3, -0.25) is 4.79 Å². The summed E-state index contributed by atoms with van der Waals surface area (Å²) in [5.41, 5.74) is 5.90. The van der Waals surface area contributed by atoms with Gasteiger partial charge in [-0.1, -0.05) is 26.8 Å². The Kier molecular flexibility index (Phi) is 6.69. The van der Waals surface area contributed by atoms with E-state index in [9.17, 15) is 4.79 Å². The van der Waals surface area contributed by atoms with E-state index in [4.69, 9.17) is 5.73 Å². The number of amides is 1. The molecule has 0 spiro atoms. The second-order valence-corrected chi connectivity index (χ2v) is 7.54. The van der Waals surface area contributed by atoms with Crippen molar-refractivity contribution in [2.45, 2.75) is 46.6 Å². The van der Waals surface area contributed by atoms with Crippen molar-refractivity contribution in [3.05, 3.63) is 22.4 Å².